The molecule has 0 radical (unpaired) electrons. The van der Waals surface area contributed by atoms with Crippen LogP contribution in [-0.4, -0.2) is 26.0 Å². The Morgan fingerprint density at radius 2 is 1.96 bits per heavy atom. The molecule has 0 spiro atoms. The SMILES string of the molecule is COc1ccc(C)cc1N1C(=O)NC2CC1(C)Oc1c(OC)cccc12. The molecule has 2 aliphatic heterocycles. The molecule has 2 heterocycles. The lowest BCUT2D eigenvalue weighted by molar-refractivity contribution is 0.0346. The lowest BCUT2D eigenvalue weighted by Gasteiger charge is -2.50. The van der Waals surface area contributed by atoms with Crippen molar-refractivity contribution in [1.82, 2.24) is 5.32 Å². The van der Waals surface area contributed by atoms with E-state index in [0.29, 0.717) is 29.4 Å². The van der Waals surface area contributed by atoms with E-state index < -0.39 is 5.72 Å². The molecule has 2 amide bonds. The van der Waals surface area contributed by atoms with E-state index >= 15 is 0 Å². The summed E-state index contributed by atoms with van der Waals surface area (Å²) < 4.78 is 17.3. The third-order valence-corrected chi connectivity index (χ3v) is 5.06. The van der Waals surface area contributed by atoms with Crippen LogP contribution in [0.5, 0.6) is 17.2 Å². The molecule has 4 rings (SSSR count). The van der Waals surface area contributed by atoms with Gasteiger partial charge in [0, 0.05) is 12.0 Å². The number of nitrogens with one attached hydrogen (secondary N) is 1. The molecule has 0 saturated carbocycles. The molecule has 1 N–H and O–H groups in total. The van der Waals surface area contributed by atoms with Crippen LogP contribution in [-0.2, 0) is 0 Å². The highest BCUT2D eigenvalue weighted by Crippen LogP contribution is 2.50. The zero-order valence-corrected chi connectivity index (χ0v) is 15.3. The van der Waals surface area contributed by atoms with Crippen LogP contribution in [0.3, 0.4) is 0 Å². The summed E-state index contributed by atoms with van der Waals surface area (Å²) in [6.45, 7) is 3.91. The molecule has 2 aromatic carbocycles. The number of methoxy groups -OCH3 is 2. The quantitative estimate of drug-likeness (QED) is 0.911. The standard InChI is InChI=1S/C20H22N2O4/c1-12-8-9-16(24-3)15(10-12)22-19(23)21-14-11-20(22,2)26-18-13(14)6-5-7-17(18)25-4/h5-10,14H,11H2,1-4H3,(H,21,23). The van der Waals surface area contributed by atoms with Gasteiger partial charge in [0.1, 0.15) is 5.75 Å². The summed E-state index contributed by atoms with van der Waals surface area (Å²) in [5.41, 5.74) is 1.80. The first kappa shape index (κ1) is 16.6. The minimum absolute atomic E-state index is 0.126. The van der Waals surface area contributed by atoms with E-state index in [0.717, 1.165) is 11.1 Å². The Morgan fingerprint density at radius 3 is 2.69 bits per heavy atom. The normalized spacial score (nSPS) is 23.6. The number of para-hydroxylation sites is 1. The molecule has 1 fully saturated rings. The van der Waals surface area contributed by atoms with E-state index in [4.69, 9.17) is 14.2 Å². The number of urea groups is 1. The molecule has 0 aliphatic carbocycles. The Balaban J connectivity index is 1.86. The van der Waals surface area contributed by atoms with Crippen molar-refractivity contribution in [2.45, 2.75) is 32.0 Å². The maximum atomic E-state index is 13.0. The molecule has 6 heteroatoms. The van der Waals surface area contributed by atoms with Crippen LogP contribution in [0.1, 0.15) is 30.5 Å². The lowest BCUT2D eigenvalue weighted by Crippen LogP contribution is -2.65. The smallest absolute Gasteiger partial charge is 0.325 e. The summed E-state index contributed by atoms with van der Waals surface area (Å²) in [5, 5.41) is 3.10. The van der Waals surface area contributed by atoms with Crippen molar-refractivity contribution < 1.29 is 19.0 Å². The molecule has 2 atom stereocenters. The number of carbonyl (C=O) groups is 1. The number of hydrogen-bond acceptors (Lipinski definition) is 4. The van der Waals surface area contributed by atoms with Crippen molar-refractivity contribution >= 4 is 11.7 Å². The summed E-state index contributed by atoms with van der Waals surface area (Å²) in [6.07, 6.45) is 0.621. The van der Waals surface area contributed by atoms with Crippen molar-refractivity contribution in [3.8, 4) is 17.2 Å². The number of benzene rings is 2. The largest absolute Gasteiger partial charge is 0.495 e. The van der Waals surface area contributed by atoms with Gasteiger partial charge in [-0.1, -0.05) is 18.2 Å². The summed E-state index contributed by atoms with van der Waals surface area (Å²) in [7, 11) is 3.22. The van der Waals surface area contributed by atoms with Gasteiger partial charge in [0.25, 0.3) is 0 Å². The fourth-order valence-electron chi connectivity index (χ4n) is 3.86. The van der Waals surface area contributed by atoms with Crippen LogP contribution in [0.2, 0.25) is 0 Å². The van der Waals surface area contributed by atoms with E-state index in [1.165, 1.54) is 0 Å². The molecule has 1 saturated heterocycles. The number of amides is 2. The maximum Gasteiger partial charge on any atom is 0.325 e. The van der Waals surface area contributed by atoms with Crippen molar-refractivity contribution in [3.05, 3.63) is 47.5 Å². The Bertz CT molecular complexity index is 882. The van der Waals surface area contributed by atoms with E-state index in [-0.39, 0.29) is 12.1 Å². The highest BCUT2D eigenvalue weighted by Gasteiger charge is 2.51. The summed E-state index contributed by atoms with van der Waals surface area (Å²) >= 11 is 0. The number of aryl methyl sites for hydroxylation is 1. The third-order valence-electron chi connectivity index (χ3n) is 5.06. The summed E-state index contributed by atoms with van der Waals surface area (Å²) in [6, 6.07) is 11.2. The topological polar surface area (TPSA) is 60.0 Å². The minimum atomic E-state index is -0.851. The number of anilines is 1. The van der Waals surface area contributed by atoms with Crippen molar-refractivity contribution in [2.75, 3.05) is 19.1 Å². The zero-order chi connectivity index (χ0) is 18.5. The molecule has 2 bridgehead atoms. The second-order valence-electron chi connectivity index (χ2n) is 6.87. The second-order valence-corrected chi connectivity index (χ2v) is 6.87. The van der Waals surface area contributed by atoms with Gasteiger partial charge in [-0.25, -0.2) is 4.79 Å². The van der Waals surface area contributed by atoms with Crippen LogP contribution in [0.25, 0.3) is 0 Å². The average Bonchev–Trinajstić information content (AvgIpc) is 2.61. The molecule has 136 valence electrons. The number of ether oxygens (including phenoxy) is 3. The highest BCUT2D eigenvalue weighted by molar-refractivity contribution is 5.96. The predicted octanol–water partition coefficient (Wildman–Crippen LogP) is 3.78. The highest BCUT2D eigenvalue weighted by atomic mass is 16.5. The van der Waals surface area contributed by atoms with Crippen molar-refractivity contribution in [1.29, 1.82) is 0 Å². The summed E-state index contributed by atoms with van der Waals surface area (Å²) in [5.74, 6) is 1.95. The predicted molar refractivity (Wildman–Crippen MR) is 98.1 cm³/mol. The third kappa shape index (κ3) is 2.36. The van der Waals surface area contributed by atoms with Gasteiger partial charge in [-0.2, -0.15) is 0 Å². The van der Waals surface area contributed by atoms with Gasteiger partial charge < -0.3 is 19.5 Å². The number of nitrogens with zero attached hydrogens (tertiary/aromatic N) is 1. The van der Waals surface area contributed by atoms with Crippen LogP contribution < -0.4 is 24.4 Å². The van der Waals surface area contributed by atoms with E-state index in [2.05, 4.69) is 5.32 Å². The van der Waals surface area contributed by atoms with Crippen molar-refractivity contribution in [3.63, 3.8) is 0 Å². The van der Waals surface area contributed by atoms with Gasteiger partial charge in [0.05, 0.1) is 25.9 Å². The van der Waals surface area contributed by atoms with E-state index in [1.54, 1.807) is 19.1 Å². The van der Waals surface area contributed by atoms with E-state index in [9.17, 15) is 4.79 Å². The molecule has 2 aliphatic rings. The van der Waals surface area contributed by atoms with Crippen LogP contribution in [0.4, 0.5) is 10.5 Å². The van der Waals surface area contributed by atoms with Gasteiger partial charge >= 0.3 is 6.03 Å². The van der Waals surface area contributed by atoms with Gasteiger partial charge in [0.2, 0.25) is 0 Å². The molecule has 26 heavy (non-hydrogen) atoms. The van der Waals surface area contributed by atoms with Crippen LogP contribution in [0.15, 0.2) is 36.4 Å². The van der Waals surface area contributed by atoms with Gasteiger partial charge in [0.15, 0.2) is 17.2 Å². The monoisotopic (exact) mass is 354 g/mol. The van der Waals surface area contributed by atoms with Gasteiger partial charge in [-0.15, -0.1) is 0 Å². The Labute approximate surface area is 152 Å². The van der Waals surface area contributed by atoms with Gasteiger partial charge in [-0.3, -0.25) is 4.90 Å². The first-order valence-electron chi connectivity index (χ1n) is 8.58. The molecule has 2 aromatic rings. The maximum absolute atomic E-state index is 13.0. The molecular formula is C20H22N2O4. The lowest BCUT2D eigenvalue weighted by atomic mass is 9.89. The average molecular weight is 354 g/mol. The van der Waals surface area contributed by atoms with Gasteiger partial charge in [-0.05, 0) is 37.6 Å². The Kier molecular flexibility index (Phi) is 3.72. The Hall–Kier alpha value is -2.89. The summed E-state index contributed by atoms with van der Waals surface area (Å²) in [4.78, 5) is 14.6. The minimum Gasteiger partial charge on any atom is -0.495 e. The molecule has 2 unspecified atom stereocenters. The zero-order valence-electron chi connectivity index (χ0n) is 15.3. The molecular weight excluding hydrogens is 332 g/mol. The number of hydrogen-bond donors (Lipinski definition) is 1. The second kappa shape index (κ2) is 5.83. The number of rotatable bonds is 3. The number of carbonyl (C=O) groups excluding carboxylic acids is 1. The number of fused-ring (bicyclic) bond motifs is 4. The van der Waals surface area contributed by atoms with Crippen LogP contribution in [0, 0.1) is 6.92 Å². The van der Waals surface area contributed by atoms with E-state index in [1.807, 2.05) is 50.2 Å². The Morgan fingerprint density at radius 1 is 1.19 bits per heavy atom. The molecule has 0 aromatic heterocycles. The van der Waals surface area contributed by atoms with Crippen molar-refractivity contribution in [2.24, 2.45) is 0 Å². The fraction of sp³-hybridized carbons (Fsp3) is 0.350. The first-order chi connectivity index (χ1) is 12.5. The fourth-order valence-corrected chi connectivity index (χ4v) is 3.86. The van der Waals surface area contributed by atoms with Crippen LogP contribution >= 0.6 is 0 Å². The molecule has 6 nitrogen and oxygen atoms in total. The first-order valence-corrected chi connectivity index (χ1v) is 8.58.